The van der Waals surface area contributed by atoms with Crippen molar-refractivity contribution in [3.05, 3.63) is 0 Å². The van der Waals surface area contributed by atoms with Crippen LogP contribution in [0.1, 0.15) is 27.7 Å². The van der Waals surface area contributed by atoms with Crippen molar-refractivity contribution < 1.29 is 4.79 Å². The highest BCUT2D eigenvalue weighted by Gasteiger charge is 2.34. The molecule has 0 aromatic rings. The summed E-state index contributed by atoms with van der Waals surface area (Å²) in [5.41, 5.74) is 5.06. The molecule has 4 heteroatoms. The Bertz CT molecular complexity index is 233. The Labute approximate surface area is 90.4 Å². The zero-order chi connectivity index (χ0) is 11.0. The van der Waals surface area contributed by atoms with Gasteiger partial charge in [0.05, 0.1) is 5.54 Å². The number of nitrogens with zero attached hydrogens (tertiary/aromatic N) is 1. The fourth-order valence-corrected chi connectivity index (χ4v) is 2.71. The highest BCUT2D eigenvalue weighted by Crippen LogP contribution is 2.30. The molecule has 0 unspecified atom stereocenters. The summed E-state index contributed by atoms with van der Waals surface area (Å²) in [7, 11) is 0. The van der Waals surface area contributed by atoms with Gasteiger partial charge in [-0.2, -0.15) is 11.8 Å². The minimum atomic E-state index is -0.738. The van der Waals surface area contributed by atoms with Gasteiger partial charge in [-0.1, -0.05) is 0 Å². The van der Waals surface area contributed by atoms with E-state index in [0.29, 0.717) is 0 Å². The molecule has 1 rings (SSSR count). The first-order valence-corrected chi connectivity index (χ1v) is 5.93. The van der Waals surface area contributed by atoms with Crippen LogP contribution in [0.25, 0.3) is 0 Å². The molecule has 1 amide bonds. The van der Waals surface area contributed by atoms with Crippen LogP contribution in [0.4, 0.5) is 0 Å². The molecule has 14 heavy (non-hydrogen) atoms. The van der Waals surface area contributed by atoms with Crippen molar-refractivity contribution >= 4 is 17.7 Å². The molecular formula is C10H20N2OS. The summed E-state index contributed by atoms with van der Waals surface area (Å²) in [5.74, 6) is 1.07. The van der Waals surface area contributed by atoms with Crippen LogP contribution in [0.3, 0.4) is 0 Å². The first-order chi connectivity index (χ1) is 6.22. The highest BCUT2D eigenvalue weighted by atomic mass is 32.2. The summed E-state index contributed by atoms with van der Waals surface area (Å²) >= 11 is 1.92. The average molecular weight is 216 g/mol. The predicted molar refractivity (Wildman–Crippen MR) is 61.4 cm³/mol. The van der Waals surface area contributed by atoms with Gasteiger partial charge in [0.25, 0.3) is 0 Å². The Morgan fingerprint density at radius 2 is 2.07 bits per heavy atom. The molecule has 1 heterocycles. The van der Waals surface area contributed by atoms with Crippen LogP contribution < -0.4 is 5.73 Å². The maximum Gasteiger partial charge on any atom is 0.242 e. The van der Waals surface area contributed by atoms with Gasteiger partial charge in [-0.25, -0.2) is 0 Å². The molecule has 0 saturated carbocycles. The maximum atomic E-state index is 11.9. The van der Waals surface area contributed by atoms with Crippen LogP contribution in [-0.4, -0.2) is 39.9 Å². The molecule has 1 fully saturated rings. The van der Waals surface area contributed by atoms with Crippen LogP contribution in [0.5, 0.6) is 0 Å². The Morgan fingerprint density at radius 1 is 1.50 bits per heavy atom. The summed E-state index contributed by atoms with van der Waals surface area (Å²) in [6.07, 6.45) is 0. The number of carbonyl (C=O) groups is 1. The van der Waals surface area contributed by atoms with Gasteiger partial charge in [-0.05, 0) is 27.7 Å². The number of hydrogen-bond donors (Lipinski definition) is 1. The fourth-order valence-electron chi connectivity index (χ4n) is 1.60. The molecular weight excluding hydrogens is 196 g/mol. The average Bonchev–Trinajstić information content (AvgIpc) is 1.99. The Hall–Kier alpha value is -0.220. The molecule has 3 nitrogen and oxygen atoms in total. The van der Waals surface area contributed by atoms with Gasteiger partial charge in [-0.3, -0.25) is 4.79 Å². The van der Waals surface area contributed by atoms with E-state index in [-0.39, 0.29) is 10.7 Å². The van der Waals surface area contributed by atoms with Crippen molar-refractivity contribution in [3.8, 4) is 0 Å². The largest absolute Gasteiger partial charge is 0.339 e. The van der Waals surface area contributed by atoms with E-state index in [4.69, 9.17) is 5.73 Å². The van der Waals surface area contributed by atoms with Gasteiger partial charge in [0.1, 0.15) is 0 Å². The highest BCUT2D eigenvalue weighted by molar-refractivity contribution is 8.00. The van der Waals surface area contributed by atoms with Crippen LogP contribution in [0.2, 0.25) is 0 Å². The summed E-state index contributed by atoms with van der Waals surface area (Å²) < 4.78 is 0.166. The van der Waals surface area contributed by atoms with E-state index in [2.05, 4.69) is 13.8 Å². The van der Waals surface area contributed by atoms with Crippen LogP contribution in [-0.2, 0) is 4.79 Å². The molecule has 0 aromatic heterocycles. The maximum absolute atomic E-state index is 11.9. The van der Waals surface area contributed by atoms with Gasteiger partial charge < -0.3 is 10.6 Å². The molecule has 0 atom stereocenters. The number of rotatable bonds is 1. The third kappa shape index (κ3) is 2.89. The zero-order valence-electron chi connectivity index (χ0n) is 9.46. The lowest BCUT2D eigenvalue weighted by molar-refractivity contribution is -0.136. The van der Waals surface area contributed by atoms with Crippen LogP contribution in [0.15, 0.2) is 0 Å². The monoisotopic (exact) mass is 216 g/mol. The molecule has 0 radical (unpaired) electrons. The van der Waals surface area contributed by atoms with Crippen molar-refractivity contribution in [1.29, 1.82) is 0 Å². The molecule has 0 aromatic carbocycles. The first-order valence-electron chi connectivity index (χ1n) is 4.95. The standard InChI is InChI=1S/C10H20N2OS/c1-9(2)7-12(5-6-14-9)8(13)10(3,4)11/h5-7,11H2,1-4H3. The summed E-state index contributed by atoms with van der Waals surface area (Å²) in [4.78, 5) is 13.8. The van der Waals surface area contributed by atoms with E-state index in [9.17, 15) is 4.79 Å². The topological polar surface area (TPSA) is 46.3 Å². The third-order valence-electron chi connectivity index (χ3n) is 2.26. The van der Waals surface area contributed by atoms with E-state index in [0.717, 1.165) is 18.8 Å². The molecule has 1 aliphatic rings. The minimum absolute atomic E-state index is 0.0610. The van der Waals surface area contributed by atoms with Gasteiger partial charge >= 0.3 is 0 Å². The second-order valence-electron chi connectivity index (χ2n) is 5.06. The van der Waals surface area contributed by atoms with Gasteiger partial charge in [0, 0.05) is 23.6 Å². The van der Waals surface area contributed by atoms with Crippen molar-refractivity contribution in [3.63, 3.8) is 0 Å². The van der Waals surface area contributed by atoms with Crippen molar-refractivity contribution in [2.75, 3.05) is 18.8 Å². The smallest absolute Gasteiger partial charge is 0.242 e. The van der Waals surface area contributed by atoms with Gasteiger partial charge in [0.2, 0.25) is 5.91 Å². The van der Waals surface area contributed by atoms with Gasteiger partial charge in [0.15, 0.2) is 0 Å². The SMILES string of the molecule is CC1(C)CN(C(=O)C(C)(C)N)CCS1. The van der Waals surface area contributed by atoms with E-state index in [1.807, 2.05) is 16.7 Å². The van der Waals surface area contributed by atoms with Crippen molar-refractivity contribution in [1.82, 2.24) is 4.90 Å². The predicted octanol–water partition coefficient (Wildman–Crippen LogP) is 1.08. The second kappa shape index (κ2) is 3.74. The molecule has 0 aliphatic carbocycles. The van der Waals surface area contributed by atoms with Crippen molar-refractivity contribution in [2.45, 2.75) is 38.0 Å². The number of hydrogen-bond acceptors (Lipinski definition) is 3. The van der Waals surface area contributed by atoms with E-state index < -0.39 is 5.54 Å². The van der Waals surface area contributed by atoms with Crippen LogP contribution in [0, 0.1) is 0 Å². The Morgan fingerprint density at radius 3 is 2.50 bits per heavy atom. The first kappa shape index (κ1) is 11.9. The number of amides is 1. The third-order valence-corrected chi connectivity index (χ3v) is 3.56. The normalized spacial score (nSPS) is 22.2. The molecule has 0 spiro atoms. The summed E-state index contributed by atoms with van der Waals surface area (Å²) in [5, 5.41) is 0. The van der Waals surface area contributed by atoms with Crippen LogP contribution >= 0.6 is 11.8 Å². The summed E-state index contributed by atoms with van der Waals surface area (Å²) in [6, 6.07) is 0. The van der Waals surface area contributed by atoms with Gasteiger partial charge in [-0.15, -0.1) is 0 Å². The second-order valence-corrected chi connectivity index (χ2v) is 6.86. The number of nitrogens with two attached hydrogens (primary N) is 1. The minimum Gasteiger partial charge on any atom is -0.339 e. The Balaban J connectivity index is 2.66. The zero-order valence-corrected chi connectivity index (χ0v) is 10.3. The van der Waals surface area contributed by atoms with Crippen molar-refractivity contribution in [2.24, 2.45) is 5.73 Å². The van der Waals surface area contributed by atoms with E-state index in [1.165, 1.54) is 0 Å². The molecule has 1 saturated heterocycles. The Kier molecular flexibility index (Phi) is 3.17. The fraction of sp³-hybridized carbons (Fsp3) is 0.900. The number of thioether (sulfide) groups is 1. The molecule has 82 valence electrons. The quantitative estimate of drug-likeness (QED) is 0.713. The lowest BCUT2D eigenvalue weighted by Crippen LogP contribution is -2.56. The van der Waals surface area contributed by atoms with E-state index >= 15 is 0 Å². The lowest BCUT2D eigenvalue weighted by Gasteiger charge is -2.40. The molecule has 2 N–H and O–H groups in total. The molecule has 0 bridgehead atoms. The lowest BCUT2D eigenvalue weighted by atomic mass is 10.0. The molecule has 1 aliphatic heterocycles. The summed E-state index contributed by atoms with van der Waals surface area (Å²) in [6.45, 7) is 9.50. The number of carbonyl (C=O) groups excluding carboxylic acids is 1. The van der Waals surface area contributed by atoms with E-state index in [1.54, 1.807) is 13.8 Å².